The maximum absolute atomic E-state index is 13.8. The van der Waals surface area contributed by atoms with E-state index in [9.17, 15) is 14.0 Å². The van der Waals surface area contributed by atoms with Crippen molar-refractivity contribution in [2.24, 2.45) is 0 Å². The van der Waals surface area contributed by atoms with Crippen LogP contribution in [-0.4, -0.2) is 18.0 Å². The second kappa shape index (κ2) is 8.08. The van der Waals surface area contributed by atoms with Gasteiger partial charge in [-0.1, -0.05) is 30.3 Å². The van der Waals surface area contributed by atoms with Crippen molar-refractivity contribution in [3.05, 3.63) is 77.3 Å². The molecule has 0 unspecified atom stereocenters. The summed E-state index contributed by atoms with van der Waals surface area (Å²) in [6, 6.07) is 14.6. The number of para-hydroxylation sites is 1. The first kappa shape index (κ1) is 19.4. The molecular formula is C22H20FNO4. The van der Waals surface area contributed by atoms with Crippen LogP contribution < -0.4 is 5.32 Å². The number of carbonyl (C=O) groups excluding carboxylic acids is 2. The van der Waals surface area contributed by atoms with Crippen LogP contribution in [0.4, 0.5) is 10.1 Å². The van der Waals surface area contributed by atoms with E-state index in [1.807, 2.05) is 32.0 Å². The first-order chi connectivity index (χ1) is 13.4. The number of amides is 1. The predicted molar refractivity (Wildman–Crippen MR) is 104 cm³/mol. The third kappa shape index (κ3) is 4.11. The van der Waals surface area contributed by atoms with Gasteiger partial charge in [0.25, 0.3) is 5.91 Å². The lowest BCUT2D eigenvalue weighted by molar-refractivity contribution is -0.123. The molecule has 6 heteroatoms. The number of rotatable bonds is 5. The summed E-state index contributed by atoms with van der Waals surface area (Å²) in [5.41, 5.74) is 2.75. The molecule has 2 aromatic carbocycles. The molecule has 0 saturated heterocycles. The minimum atomic E-state index is -1.03. The van der Waals surface area contributed by atoms with Gasteiger partial charge >= 0.3 is 5.97 Å². The van der Waals surface area contributed by atoms with Gasteiger partial charge in [-0.3, -0.25) is 4.79 Å². The number of furan rings is 1. The Morgan fingerprint density at radius 3 is 2.36 bits per heavy atom. The molecule has 3 rings (SSSR count). The number of nitrogens with one attached hydrogen (secondary N) is 1. The molecule has 0 radical (unpaired) electrons. The summed E-state index contributed by atoms with van der Waals surface area (Å²) in [5, 5.41) is 2.78. The number of aryl methyl sites for hydroxylation is 2. The number of esters is 1. The largest absolute Gasteiger partial charge is 0.449 e. The van der Waals surface area contributed by atoms with Gasteiger partial charge in [0, 0.05) is 5.69 Å². The van der Waals surface area contributed by atoms with Crippen molar-refractivity contribution < 1.29 is 23.1 Å². The van der Waals surface area contributed by atoms with Gasteiger partial charge in [-0.15, -0.1) is 0 Å². The molecule has 3 aromatic rings. The third-order valence-electron chi connectivity index (χ3n) is 4.33. The number of hydrogen-bond donors (Lipinski definition) is 1. The molecule has 0 saturated carbocycles. The van der Waals surface area contributed by atoms with Crippen molar-refractivity contribution >= 4 is 17.6 Å². The third-order valence-corrected chi connectivity index (χ3v) is 4.33. The van der Waals surface area contributed by atoms with Crippen LogP contribution in [0.2, 0.25) is 0 Å². The van der Waals surface area contributed by atoms with E-state index in [2.05, 4.69) is 5.32 Å². The minimum absolute atomic E-state index is 0.107. The lowest BCUT2D eigenvalue weighted by Gasteiger charge is -2.15. The molecule has 0 aliphatic carbocycles. The second-order valence-electron chi connectivity index (χ2n) is 6.45. The number of ether oxygens (including phenoxy) is 1. The van der Waals surface area contributed by atoms with Crippen molar-refractivity contribution in [2.45, 2.75) is 26.9 Å². The van der Waals surface area contributed by atoms with Crippen molar-refractivity contribution in [1.29, 1.82) is 0 Å². The Hall–Kier alpha value is -3.41. The summed E-state index contributed by atoms with van der Waals surface area (Å²) in [6.07, 6.45) is -1.03. The molecule has 5 nitrogen and oxygen atoms in total. The van der Waals surface area contributed by atoms with Crippen LogP contribution in [0, 0.1) is 19.7 Å². The Kier molecular flexibility index (Phi) is 5.59. The van der Waals surface area contributed by atoms with E-state index in [1.165, 1.54) is 25.1 Å². The smallest absolute Gasteiger partial charge is 0.375 e. The Labute approximate surface area is 162 Å². The van der Waals surface area contributed by atoms with Gasteiger partial charge in [0.15, 0.2) is 6.10 Å². The molecule has 1 aromatic heterocycles. The highest BCUT2D eigenvalue weighted by Gasteiger charge is 2.22. The first-order valence-electron chi connectivity index (χ1n) is 8.79. The molecule has 0 spiro atoms. The molecular weight excluding hydrogens is 361 g/mol. The maximum atomic E-state index is 13.8. The Bertz CT molecular complexity index is 1000. The first-order valence-corrected chi connectivity index (χ1v) is 8.79. The lowest BCUT2D eigenvalue weighted by atomic mass is 10.1. The minimum Gasteiger partial charge on any atom is -0.449 e. The monoisotopic (exact) mass is 381 g/mol. The van der Waals surface area contributed by atoms with Crippen LogP contribution >= 0.6 is 0 Å². The van der Waals surface area contributed by atoms with Gasteiger partial charge < -0.3 is 14.5 Å². The zero-order valence-corrected chi connectivity index (χ0v) is 15.8. The fourth-order valence-corrected chi connectivity index (χ4v) is 2.76. The van der Waals surface area contributed by atoms with Crippen molar-refractivity contribution in [1.82, 2.24) is 0 Å². The number of hydrogen-bond acceptors (Lipinski definition) is 4. The van der Waals surface area contributed by atoms with Gasteiger partial charge in [-0.25, -0.2) is 9.18 Å². The molecule has 0 fully saturated rings. The number of anilines is 1. The quantitative estimate of drug-likeness (QED) is 0.639. The molecule has 0 aliphatic heterocycles. The van der Waals surface area contributed by atoms with Crippen LogP contribution in [0.3, 0.4) is 0 Å². The fraction of sp³-hybridized carbons (Fsp3) is 0.182. The van der Waals surface area contributed by atoms with Crippen molar-refractivity contribution in [3.8, 4) is 11.3 Å². The van der Waals surface area contributed by atoms with Crippen molar-refractivity contribution in [2.75, 3.05) is 5.32 Å². The van der Waals surface area contributed by atoms with Crippen LogP contribution in [0.5, 0.6) is 0 Å². The standard InChI is InChI=1S/C22H20FNO4/c1-13-7-6-8-14(2)20(13)24-21(25)15(3)27-22(26)19-12-11-18(28-19)16-9-4-5-10-17(16)23/h4-12,15H,1-3H3,(H,24,25)/t15-/m1/s1. The van der Waals surface area contributed by atoms with E-state index in [0.717, 1.165) is 11.1 Å². The summed E-state index contributed by atoms with van der Waals surface area (Å²) < 4.78 is 24.4. The summed E-state index contributed by atoms with van der Waals surface area (Å²) in [7, 11) is 0. The average Bonchev–Trinajstić information content (AvgIpc) is 3.15. The Morgan fingerprint density at radius 1 is 1.00 bits per heavy atom. The fourth-order valence-electron chi connectivity index (χ4n) is 2.76. The van der Waals surface area contributed by atoms with Gasteiger partial charge in [-0.2, -0.15) is 0 Å². The van der Waals surface area contributed by atoms with Crippen LogP contribution in [-0.2, 0) is 9.53 Å². The molecule has 1 N–H and O–H groups in total. The summed E-state index contributed by atoms with van der Waals surface area (Å²) >= 11 is 0. The van der Waals surface area contributed by atoms with Crippen LogP contribution in [0.1, 0.15) is 28.6 Å². The van der Waals surface area contributed by atoms with E-state index >= 15 is 0 Å². The summed E-state index contributed by atoms with van der Waals surface area (Å²) in [5.74, 6) is -1.61. The molecule has 0 aliphatic rings. The highest BCUT2D eigenvalue weighted by molar-refractivity contribution is 5.97. The molecule has 0 bridgehead atoms. The SMILES string of the molecule is Cc1cccc(C)c1NC(=O)[C@@H](C)OC(=O)c1ccc(-c2ccccc2F)o1. The molecule has 1 amide bonds. The molecule has 1 atom stereocenters. The van der Waals surface area contributed by atoms with E-state index in [-0.39, 0.29) is 17.1 Å². The van der Waals surface area contributed by atoms with E-state index in [0.29, 0.717) is 5.69 Å². The molecule has 144 valence electrons. The average molecular weight is 381 g/mol. The van der Waals surface area contributed by atoms with E-state index < -0.39 is 23.8 Å². The molecule has 28 heavy (non-hydrogen) atoms. The van der Waals surface area contributed by atoms with Crippen molar-refractivity contribution in [3.63, 3.8) is 0 Å². The zero-order valence-electron chi connectivity index (χ0n) is 15.8. The lowest BCUT2D eigenvalue weighted by Crippen LogP contribution is -2.30. The van der Waals surface area contributed by atoms with Gasteiger partial charge in [-0.05, 0) is 56.2 Å². The Morgan fingerprint density at radius 2 is 1.68 bits per heavy atom. The Balaban J connectivity index is 1.68. The summed E-state index contributed by atoms with van der Waals surface area (Å²) in [4.78, 5) is 24.7. The highest BCUT2D eigenvalue weighted by Crippen LogP contribution is 2.25. The second-order valence-corrected chi connectivity index (χ2v) is 6.45. The predicted octanol–water partition coefficient (Wildman–Crippen LogP) is 4.89. The summed E-state index contributed by atoms with van der Waals surface area (Å²) in [6.45, 7) is 5.24. The maximum Gasteiger partial charge on any atom is 0.375 e. The molecule has 1 heterocycles. The van der Waals surface area contributed by atoms with Gasteiger partial charge in [0.1, 0.15) is 11.6 Å². The highest BCUT2D eigenvalue weighted by atomic mass is 19.1. The van der Waals surface area contributed by atoms with E-state index in [4.69, 9.17) is 9.15 Å². The number of carbonyl (C=O) groups is 2. The van der Waals surface area contributed by atoms with Crippen LogP contribution in [0.15, 0.2) is 59.0 Å². The van der Waals surface area contributed by atoms with Crippen LogP contribution in [0.25, 0.3) is 11.3 Å². The van der Waals surface area contributed by atoms with Gasteiger partial charge in [0.05, 0.1) is 5.56 Å². The van der Waals surface area contributed by atoms with E-state index in [1.54, 1.807) is 18.2 Å². The number of benzene rings is 2. The normalized spacial score (nSPS) is 11.7. The van der Waals surface area contributed by atoms with Gasteiger partial charge in [0.2, 0.25) is 5.76 Å². The number of halogens is 1. The zero-order chi connectivity index (χ0) is 20.3. The topological polar surface area (TPSA) is 68.5 Å².